The van der Waals surface area contributed by atoms with E-state index in [4.69, 9.17) is 16.0 Å². The molecule has 0 radical (unpaired) electrons. The Morgan fingerprint density at radius 2 is 2.00 bits per heavy atom. The average Bonchev–Trinajstić information content (AvgIpc) is 3.26. The molecular weight excluding hydrogens is 369 g/mol. The minimum Gasteiger partial charge on any atom is -0.451 e. The molecule has 1 N–H and O–H groups in total. The van der Waals surface area contributed by atoms with Gasteiger partial charge in [-0.1, -0.05) is 23.7 Å². The Labute approximate surface area is 159 Å². The van der Waals surface area contributed by atoms with Gasteiger partial charge in [-0.15, -0.1) is 0 Å². The standard InChI is InChI=1S/C20H15ClFN3O2/c1-25-9-8-23-19(25)18(12-2-5-15(22)6-3-12)24-20(26)17-11-13-10-14(21)4-7-16(13)27-17/h2-11,18H,1H3,(H,24,26)/t18-/m1/s1. The number of furan rings is 1. The molecule has 7 heteroatoms. The molecule has 0 fully saturated rings. The number of aryl methyl sites for hydroxylation is 1. The maximum Gasteiger partial charge on any atom is 0.287 e. The fraction of sp³-hybridized carbons (Fsp3) is 0.100. The van der Waals surface area contributed by atoms with Crippen LogP contribution >= 0.6 is 11.6 Å². The molecule has 0 bridgehead atoms. The Kier molecular flexibility index (Phi) is 4.41. The number of amides is 1. The van der Waals surface area contributed by atoms with Gasteiger partial charge in [-0.25, -0.2) is 9.37 Å². The fourth-order valence-electron chi connectivity index (χ4n) is 2.94. The summed E-state index contributed by atoms with van der Waals surface area (Å²) < 4.78 is 20.7. The summed E-state index contributed by atoms with van der Waals surface area (Å²) in [5.74, 6) is 0.0279. The number of carbonyl (C=O) groups excluding carboxylic acids is 1. The molecule has 136 valence electrons. The van der Waals surface area contributed by atoms with Crippen molar-refractivity contribution in [2.24, 2.45) is 7.05 Å². The van der Waals surface area contributed by atoms with Crippen molar-refractivity contribution in [3.05, 3.63) is 88.9 Å². The van der Waals surface area contributed by atoms with Crippen molar-refractivity contribution < 1.29 is 13.6 Å². The third-order valence-electron chi connectivity index (χ3n) is 4.30. The molecular formula is C20H15ClFN3O2. The first-order valence-corrected chi connectivity index (χ1v) is 8.62. The Morgan fingerprint density at radius 3 is 2.70 bits per heavy atom. The van der Waals surface area contributed by atoms with E-state index in [0.29, 0.717) is 22.0 Å². The quantitative estimate of drug-likeness (QED) is 0.565. The molecule has 27 heavy (non-hydrogen) atoms. The second-order valence-electron chi connectivity index (χ2n) is 6.15. The number of carbonyl (C=O) groups is 1. The maximum atomic E-state index is 13.3. The Morgan fingerprint density at radius 1 is 1.22 bits per heavy atom. The van der Waals surface area contributed by atoms with Crippen molar-refractivity contribution >= 4 is 28.5 Å². The van der Waals surface area contributed by atoms with Crippen LogP contribution in [-0.2, 0) is 7.05 Å². The molecule has 0 aliphatic rings. The highest BCUT2D eigenvalue weighted by Gasteiger charge is 2.23. The fourth-order valence-corrected chi connectivity index (χ4v) is 3.12. The van der Waals surface area contributed by atoms with Gasteiger partial charge in [0.15, 0.2) is 5.76 Å². The summed E-state index contributed by atoms with van der Waals surface area (Å²) >= 11 is 5.99. The Bertz CT molecular complexity index is 1120. The van der Waals surface area contributed by atoms with Crippen molar-refractivity contribution in [2.45, 2.75) is 6.04 Å². The van der Waals surface area contributed by atoms with Crippen LogP contribution in [0, 0.1) is 5.82 Å². The normalized spacial score (nSPS) is 12.3. The van der Waals surface area contributed by atoms with Gasteiger partial charge in [-0.05, 0) is 42.0 Å². The summed E-state index contributed by atoms with van der Waals surface area (Å²) in [6, 6.07) is 12.1. The number of hydrogen-bond donors (Lipinski definition) is 1. The summed E-state index contributed by atoms with van der Waals surface area (Å²) in [7, 11) is 1.83. The monoisotopic (exact) mass is 383 g/mol. The Hall–Kier alpha value is -3.12. The highest BCUT2D eigenvalue weighted by atomic mass is 35.5. The van der Waals surface area contributed by atoms with E-state index in [-0.39, 0.29) is 11.6 Å². The number of imidazole rings is 1. The van der Waals surface area contributed by atoms with Gasteiger partial charge < -0.3 is 14.3 Å². The maximum absolute atomic E-state index is 13.3. The van der Waals surface area contributed by atoms with Gasteiger partial charge in [0.2, 0.25) is 0 Å². The zero-order chi connectivity index (χ0) is 19.0. The summed E-state index contributed by atoms with van der Waals surface area (Å²) in [4.78, 5) is 17.1. The van der Waals surface area contributed by atoms with Gasteiger partial charge in [0, 0.05) is 29.9 Å². The molecule has 0 aliphatic carbocycles. The van der Waals surface area contributed by atoms with Gasteiger partial charge in [0.05, 0.1) is 0 Å². The van der Waals surface area contributed by atoms with Crippen LogP contribution in [0.2, 0.25) is 5.02 Å². The molecule has 2 aromatic heterocycles. The molecule has 5 nitrogen and oxygen atoms in total. The van der Waals surface area contributed by atoms with Crippen molar-refractivity contribution in [3.8, 4) is 0 Å². The summed E-state index contributed by atoms with van der Waals surface area (Å²) in [5.41, 5.74) is 1.28. The summed E-state index contributed by atoms with van der Waals surface area (Å²) in [6.45, 7) is 0. The second kappa shape index (κ2) is 6.89. The first-order chi connectivity index (χ1) is 13.0. The minimum atomic E-state index is -0.560. The highest BCUT2D eigenvalue weighted by Crippen LogP contribution is 2.25. The predicted octanol–water partition coefficient (Wildman–Crippen LogP) is 4.48. The molecule has 0 aliphatic heterocycles. The molecule has 0 spiro atoms. The van der Waals surface area contributed by atoms with Crippen LogP contribution in [0.5, 0.6) is 0 Å². The number of halogens is 2. The van der Waals surface area contributed by atoms with E-state index in [9.17, 15) is 9.18 Å². The van der Waals surface area contributed by atoms with Crippen LogP contribution in [0.1, 0.15) is 28.0 Å². The van der Waals surface area contributed by atoms with E-state index >= 15 is 0 Å². The van der Waals surface area contributed by atoms with Crippen molar-refractivity contribution in [2.75, 3.05) is 0 Å². The molecule has 2 aromatic carbocycles. The number of nitrogens with one attached hydrogen (secondary N) is 1. The lowest BCUT2D eigenvalue weighted by Gasteiger charge is -2.18. The largest absolute Gasteiger partial charge is 0.451 e. The lowest BCUT2D eigenvalue weighted by atomic mass is 10.1. The van der Waals surface area contributed by atoms with Crippen LogP contribution in [0.25, 0.3) is 11.0 Å². The molecule has 1 atom stereocenters. The van der Waals surface area contributed by atoms with Gasteiger partial charge in [0.25, 0.3) is 5.91 Å². The third kappa shape index (κ3) is 3.44. The van der Waals surface area contributed by atoms with E-state index in [2.05, 4.69) is 10.3 Å². The Balaban J connectivity index is 1.68. The first kappa shape index (κ1) is 17.3. The number of aromatic nitrogens is 2. The van der Waals surface area contributed by atoms with Crippen molar-refractivity contribution in [1.82, 2.24) is 14.9 Å². The molecule has 0 unspecified atom stereocenters. The zero-order valence-corrected chi connectivity index (χ0v) is 15.1. The van der Waals surface area contributed by atoms with Crippen LogP contribution in [0.15, 0.2) is 65.3 Å². The van der Waals surface area contributed by atoms with Gasteiger partial charge in [-0.2, -0.15) is 0 Å². The number of fused-ring (bicyclic) bond motifs is 1. The van der Waals surface area contributed by atoms with E-state index in [1.54, 1.807) is 53.4 Å². The van der Waals surface area contributed by atoms with Gasteiger partial charge in [-0.3, -0.25) is 4.79 Å². The van der Waals surface area contributed by atoms with Gasteiger partial charge >= 0.3 is 0 Å². The summed E-state index contributed by atoms with van der Waals surface area (Å²) in [5, 5.41) is 4.22. The molecule has 2 heterocycles. The lowest BCUT2D eigenvalue weighted by molar-refractivity contribution is 0.0915. The van der Waals surface area contributed by atoms with Crippen LogP contribution in [-0.4, -0.2) is 15.5 Å². The highest BCUT2D eigenvalue weighted by molar-refractivity contribution is 6.31. The second-order valence-corrected chi connectivity index (χ2v) is 6.58. The van der Waals surface area contributed by atoms with Crippen LogP contribution in [0.4, 0.5) is 4.39 Å². The molecule has 4 aromatic rings. The molecule has 0 saturated carbocycles. The van der Waals surface area contributed by atoms with E-state index in [1.807, 2.05) is 7.05 Å². The zero-order valence-electron chi connectivity index (χ0n) is 14.3. The SMILES string of the molecule is Cn1ccnc1[C@H](NC(=O)c1cc2cc(Cl)ccc2o1)c1ccc(F)cc1. The minimum absolute atomic E-state index is 0.161. The molecule has 0 saturated heterocycles. The number of nitrogens with zero attached hydrogens (tertiary/aromatic N) is 2. The van der Waals surface area contributed by atoms with Crippen LogP contribution in [0.3, 0.4) is 0 Å². The van der Waals surface area contributed by atoms with Crippen LogP contribution < -0.4 is 5.32 Å². The van der Waals surface area contributed by atoms with E-state index in [0.717, 1.165) is 5.39 Å². The lowest BCUT2D eigenvalue weighted by Crippen LogP contribution is -2.30. The van der Waals surface area contributed by atoms with Gasteiger partial charge in [0.1, 0.15) is 23.3 Å². The molecule has 4 rings (SSSR count). The smallest absolute Gasteiger partial charge is 0.287 e. The van der Waals surface area contributed by atoms with Crippen molar-refractivity contribution in [1.29, 1.82) is 0 Å². The molecule has 1 amide bonds. The third-order valence-corrected chi connectivity index (χ3v) is 4.53. The summed E-state index contributed by atoms with van der Waals surface area (Å²) in [6.07, 6.45) is 3.42. The van der Waals surface area contributed by atoms with E-state index < -0.39 is 11.9 Å². The first-order valence-electron chi connectivity index (χ1n) is 8.24. The van der Waals surface area contributed by atoms with E-state index in [1.165, 1.54) is 12.1 Å². The van der Waals surface area contributed by atoms with Crippen molar-refractivity contribution in [3.63, 3.8) is 0 Å². The predicted molar refractivity (Wildman–Crippen MR) is 100 cm³/mol. The number of benzene rings is 2. The average molecular weight is 384 g/mol. The number of hydrogen-bond acceptors (Lipinski definition) is 3. The number of rotatable bonds is 4. The topological polar surface area (TPSA) is 60.1 Å².